The van der Waals surface area contributed by atoms with Crippen LogP contribution in [-0.2, 0) is 20.8 Å². The molecule has 4 rings (SSSR count). The molecule has 0 bridgehead atoms. The van der Waals surface area contributed by atoms with Crippen molar-refractivity contribution < 1.29 is 39.6 Å². The largest absolute Gasteiger partial charge is 0.508 e. The van der Waals surface area contributed by atoms with Crippen molar-refractivity contribution in [2.45, 2.75) is 50.7 Å². The second-order valence-corrected chi connectivity index (χ2v) is 9.97. The first-order valence-corrected chi connectivity index (χ1v) is 11.9. The van der Waals surface area contributed by atoms with Crippen molar-refractivity contribution in [2.24, 2.45) is 17.6 Å². The van der Waals surface area contributed by atoms with Crippen molar-refractivity contribution >= 4 is 29.0 Å². The van der Waals surface area contributed by atoms with Crippen molar-refractivity contribution in [2.75, 3.05) is 14.1 Å². The maximum Gasteiger partial charge on any atom is 0.255 e. The molecule has 0 saturated heterocycles. The highest BCUT2D eigenvalue weighted by Gasteiger charge is 2.64. The van der Waals surface area contributed by atoms with E-state index in [-0.39, 0.29) is 41.9 Å². The van der Waals surface area contributed by atoms with Crippen LogP contribution in [0, 0.1) is 11.8 Å². The maximum absolute atomic E-state index is 13.8. The van der Waals surface area contributed by atoms with E-state index in [0.29, 0.717) is 17.5 Å². The number of ketones is 3. The summed E-state index contributed by atoms with van der Waals surface area (Å²) in [5.41, 5.74) is 2.18. The van der Waals surface area contributed by atoms with E-state index in [0.717, 1.165) is 6.42 Å². The number of carbonyl (C=O) groups excluding carboxylic acids is 4. The van der Waals surface area contributed by atoms with Gasteiger partial charge in [0.15, 0.2) is 17.2 Å². The summed E-state index contributed by atoms with van der Waals surface area (Å²) >= 11 is 0. The van der Waals surface area contributed by atoms with Gasteiger partial charge in [-0.05, 0) is 57.0 Å². The Kier molecular flexibility index (Phi) is 6.30. The lowest BCUT2D eigenvalue weighted by atomic mass is 9.57. The highest BCUT2D eigenvalue weighted by Crippen LogP contribution is 2.53. The summed E-state index contributed by atoms with van der Waals surface area (Å²) in [6, 6.07) is 1.60. The van der Waals surface area contributed by atoms with Gasteiger partial charge in [-0.15, -0.1) is 0 Å². The number of phenols is 1. The number of Topliss-reactive ketones (excluding diaryl/α,β-unsaturated/α-hetero) is 3. The van der Waals surface area contributed by atoms with Gasteiger partial charge in [-0.25, -0.2) is 0 Å². The molecule has 1 saturated carbocycles. The van der Waals surface area contributed by atoms with Crippen molar-refractivity contribution in [3.8, 4) is 5.75 Å². The average molecular weight is 499 g/mol. The fourth-order valence-electron chi connectivity index (χ4n) is 5.98. The van der Waals surface area contributed by atoms with Gasteiger partial charge in [0.25, 0.3) is 5.91 Å². The third-order valence-electron chi connectivity index (χ3n) is 7.66. The average Bonchev–Trinajstić information content (AvgIpc) is 2.79. The number of nitrogens with two attached hydrogens (primary N) is 1. The number of aliphatic hydroxyl groups is 3. The van der Waals surface area contributed by atoms with Crippen molar-refractivity contribution in [3.05, 3.63) is 45.7 Å². The Bertz CT molecular complexity index is 1260. The number of rotatable bonds is 6. The van der Waals surface area contributed by atoms with Crippen LogP contribution in [0.2, 0.25) is 0 Å². The molecule has 1 fully saturated rings. The molecule has 6 N–H and O–H groups in total. The number of phenolic OH excluding ortho intramolecular Hbond substituents is 1. The summed E-state index contributed by atoms with van der Waals surface area (Å²) in [5.74, 6) is -7.29. The Labute approximate surface area is 207 Å². The van der Waals surface area contributed by atoms with E-state index in [1.54, 1.807) is 0 Å². The molecule has 3 aliphatic carbocycles. The molecule has 1 amide bonds. The first-order chi connectivity index (χ1) is 16.9. The number of carbonyl (C=O) groups is 4. The molecule has 0 heterocycles. The van der Waals surface area contributed by atoms with E-state index in [1.807, 2.05) is 6.92 Å². The molecule has 1 aromatic carbocycles. The van der Waals surface area contributed by atoms with Crippen LogP contribution in [0.1, 0.15) is 54.1 Å². The van der Waals surface area contributed by atoms with E-state index in [1.165, 1.54) is 31.1 Å². The van der Waals surface area contributed by atoms with E-state index in [4.69, 9.17) is 5.73 Å². The lowest BCUT2D eigenvalue weighted by molar-refractivity contribution is -0.153. The van der Waals surface area contributed by atoms with Crippen LogP contribution in [0.4, 0.5) is 0 Å². The topological polar surface area (TPSA) is 178 Å². The van der Waals surface area contributed by atoms with Crippen LogP contribution in [0.25, 0.3) is 5.76 Å². The Morgan fingerprint density at radius 3 is 2.42 bits per heavy atom. The first kappa shape index (κ1) is 25.6. The van der Waals surface area contributed by atoms with E-state index < -0.39 is 58.0 Å². The molecule has 0 aliphatic heterocycles. The normalized spacial score (nSPS) is 27.6. The molecule has 10 heteroatoms. The lowest BCUT2D eigenvalue weighted by Gasteiger charge is -2.50. The standard InChI is InChI=1S/C26H30N2O8/c1-4-5-6-15(29)12-7-8-16(30)18-13(12)9-11-10-14-20(28(2)3)22(32)19(25(27)35)24(34)26(14,36)23(33)17(11)21(18)31/h7-8,11,14,20,30-31,34,36H,4-6,9-10H2,1-3H3,(H2,27,35)/t11?,14?,20?,26-/m0/s1. The van der Waals surface area contributed by atoms with Gasteiger partial charge in [0.1, 0.15) is 22.8 Å². The van der Waals surface area contributed by atoms with Crippen molar-refractivity contribution in [3.63, 3.8) is 0 Å². The molecule has 0 aromatic heterocycles. The molecular weight excluding hydrogens is 468 g/mol. The second-order valence-electron chi connectivity index (χ2n) is 9.97. The van der Waals surface area contributed by atoms with Gasteiger partial charge >= 0.3 is 0 Å². The van der Waals surface area contributed by atoms with E-state index in [2.05, 4.69) is 0 Å². The number of aliphatic hydroxyl groups excluding tert-OH is 2. The van der Waals surface area contributed by atoms with E-state index in [9.17, 15) is 39.6 Å². The SMILES string of the molecule is CCCCC(=O)c1ccc(O)c2c1CC1CC3C(N(C)C)C(=O)C(C(N)=O)=C(O)[C@@]3(O)C(=O)C1=C2O. The number of hydrogen-bond donors (Lipinski definition) is 5. The molecule has 4 atom stereocenters. The molecule has 1 aromatic rings. The van der Waals surface area contributed by atoms with E-state index >= 15 is 0 Å². The first-order valence-electron chi connectivity index (χ1n) is 11.9. The monoisotopic (exact) mass is 498 g/mol. The fraction of sp³-hybridized carbons (Fsp3) is 0.462. The third-order valence-corrected chi connectivity index (χ3v) is 7.66. The number of benzene rings is 1. The summed E-state index contributed by atoms with van der Waals surface area (Å²) in [6.45, 7) is 1.95. The molecule has 3 unspecified atom stereocenters. The Morgan fingerprint density at radius 2 is 1.83 bits per heavy atom. The number of aromatic hydroxyl groups is 1. The van der Waals surface area contributed by atoms with Crippen molar-refractivity contribution in [1.29, 1.82) is 0 Å². The summed E-state index contributed by atoms with van der Waals surface area (Å²) in [5, 5.41) is 44.2. The van der Waals surface area contributed by atoms with Crippen LogP contribution < -0.4 is 5.73 Å². The van der Waals surface area contributed by atoms with Gasteiger partial charge in [0, 0.05) is 23.5 Å². The number of primary amides is 1. The highest BCUT2D eigenvalue weighted by atomic mass is 16.3. The minimum atomic E-state index is -2.69. The minimum Gasteiger partial charge on any atom is -0.508 e. The zero-order valence-corrected chi connectivity index (χ0v) is 20.4. The molecule has 192 valence electrons. The van der Waals surface area contributed by atoms with Crippen molar-refractivity contribution in [1.82, 2.24) is 4.90 Å². The van der Waals surface area contributed by atoms with Gasteiger partial charge in [-0.1, -0.05) is 13.3 Å². The minimum absolute atomic E-state index is 0.0238. The predicted octanol–water partition coefficient (Wildman–Crippen LogP) is 1.34. The van der Waals surface area contributed by atoms with Crippen LogP contribution >= 0.6 is 0 Å². The highest BCUT2D eigenvalue weighted by molar-refractivity contribution is 6.24. The number of fused-ring (bicyclic) bond motifs is 3. The number of amides is 1. The number of likely N-dealkylation sites (N-methyl/N-ethyl adjacent to an activating group) is 1. The fourth-order valence-corrected chi connectivity index (χ4v) is 5.98. The second kappa shape index (κ2) is 8.86. The van der Waals surface area contributed by atoms with Crippen LogP contribution in [0.3, 0.4) is 0 Å². The Balaban J connectivity index is 1.93. The Morgan fingerprint density at radius 1 is 1.17 bits per heavy atom. The molecule has 0 spiro atoms. The predicted molar refractivity (Wildman–Crippen MR) is 128 cm³/mol. The molecule has 0 radical (unpaired) electrons. The van der Waals surface area contributed by atoms with Gasteiger partial charge in [0.2, 0.25) is 5.78 Å². The zero-order valence-electron chi connectivity index (χ0n) is 20.4. The van der Waals surface area contributed by atoms with Crippen LogP contribution in [0.15, 0.2) is 29.0 Å². The summed E-state index contributed by atoms with van der Waals surface area (Å²) in [6.07, 6.45) is 1.82. The molecule has 36 heavy (non-hydrogen) atoms. The zero-order chi connectivity index (χ0) is 26.7. The van der Waals surface area contributed by atoms with Gasteiger partial charge < -0.3 is 26.2 Å². The summed E-state index contributed by atoms with van der Waals surface area (Å²) in [4.78, 5) is 53.2. The quantitative estimate of drug-likeness (QED) is 0.286. The Hall–Kier alpha value is -3.50. The van der Waals surface area contributed by atoms with Gasteiger partial charge in [0.05, 0.1) is 11.6 Å². The molecule has 3 aliphatic rings. The van der Waals surface area contributed by atoms with Crippen LogP contribution in [0.5, 0.6) is 5.75 Å². The summed E-state index contributed by atoms with van der Waals surface area (Å²) < 4.78 is 0. The maximum atomic E-state index is 13.8. The lowest BCUT2D eigenvalue weighted by Crippen LogP contribution is -2.65. The number of unbranched alkanes of at least 4 members (excludes halogenated alkanes) is 1. The van der Waals surface area contributed by atoms with Crippen LogP contribution in [-0.4, -0.2) is 74.3 Å². The molecular formula is C26H30N2O8. The van der Waals surface area contributed by atoms with Gasteiger partial charge in [-0.2, -0.15) is 0 Å². The number of nitrogens with zero attached hydrogens (tertiary/aromatic N) is 1. The smallest absolute Gasteiger partial charge is 0.255 e. The number of hydrogen-bond acceptors (Lipinski definition) is 9. The van der Waals surface area contributed by atoms with Gasteiger partial charge in [-0.3, -0.25) is 24.1 Å². The third kappa shape index (κ3) is 3.47. The molecule has 10 nitrogen and oxygen atoms in total. The summed E-state index contributed by atoms with van der Waals surface area (Å²) in [7, 11) is 3.08.